The second kappa shape index (κ2) is 6.36. The first-order valence-corrected chi connectivity index (χ1v) is 9.14. The van der Waals surface area contributed by atoms with Crippen LogP contribution in [0.4, 0.5) is 5.69 Å². The highest BCUT2D eigenvalue weighted by Gasteiger charge is 2.26. The molecule has 6 nitrogen and oxygen atoms in total. The predicted molar refractivity (Wildman–Crippen MR) is 84.3 cm³/mol. The molecule has 0 aromatic heterocycles. The normalized spacial score (nSPS) is 21.1. The molecule has 0 saturated carbocycles. The van der Waals surface area contributed by atoms with Gasteiger partial charge in [0.05, 0.1) is 4.90 Å². The molecule has 3 rings (SSSR count). The average Bonchev–Trinajstić information content (AvgIpc) is 2.78. The molecule has 1 aromatic carbocycles. The molecule has 2 heterocycles. The number of nitrogens with zero attached hydrogens (tertiary/aromatic N) is 2. The van der Waals surface area contributed by atoms with Crippen LogP contribution in [-0.4, -0.2) is 51.4 Å². The first-order chi connectivity index (χ1) is 10.6. The van der Waals surface area contributed by atoms with Gasteiger partial charge in [-0.15, -0.1) is 0 Å². The molecule has 0 atom stereocenters. The molecule has 0 spiro atoms. The molecule has 0 unspecified atom stereocenters. The summed E-state index contributed by atoms with van der Waals surface area (Å²) in [5.74, 6) is 0.106. The smallest absolute Gasteiger partial charge is 0.243 e. The van der Waals surface area contributed by atoms with Gasteiger partial charge in [0.15, 0.2) is 0 Å². The standard InChI is InChI=1S/C15H21N3O3S/c19-15-3-1-11-18(15)13-4-6-14(7-5-13)22(20,21)17-10-2-8-16-9-12-17/h4-7,16H,1-3,8-12H2. The van der Waals surface area contributed by atoms with E-state index in [-0.39, 0.29) is 5.91 Å². The van der Waals surface area contributed by atoms with Crippen LogP contribution in [-0.2, 0) is 14.8 Å². The highest BCUT2D eigenvalue weighted by Crippen LogP contribution is 2.24. The van der Waals surface area contributed by atoms with E-state index in [4.69, 9.17) is 0 Å². The third-order valence-corrected chi connectivity index (χ3v) is 6.07. The van der Waals surface area contributed by atoms with Gasteiger partial charge in [0.25, 0.3) is 0 Å². The molecule has 1 amide bonds. The van der Waals surface area contributed by atoms with Crippen LogP contribution in [0.25, 0.3) is 0 Å². The van der Waals surface area contributed by atoms with Gasteiger partial charge in [0.1, 0.15) is 0 Å². The van der Waals surface area contributed by atoms with E-state index in [9.17, 15) is 13.2 Å². The van der Waals surface area contributed by atoms with Crippen molar-refractivity contribution in [1.29, 1.82) is 0 Å². The van der Waals surface area contributed by atoms with Gasteiger partial charge in [-0.3, -0.25) is 4.79 Å². The fraction of sp³-hybridized carbons (Fsp3) is 0.533. The van der Waals surface area contributed by atoms with Gasteiger partial charge in [-0.05, 0) is 43.7 Å². The monoisotopic (exact) mass is 323 g/mol. The number of sulfonamides is 1. The molecular formula is C15H21N3O3S. The van der Waals surface area contributed by atoms with Crippen LogP contribution >= 0.6 is 0 Å². The lowest BCUT2D eigenvalue weighted by molar-refractivity contribution is -0.117. The van der Waals surface area contributed by atoms with E-state index < -0.39 is 10.0 Å². The number of hydrogen-bond donors (Lipinski definition) is 1. The van der Waals surface area contributed by atoms with Gasteiger partial charge in [0, 0.05) is 38.3 Å². The summed E-state index contributed by atoms with van der Waals surface area (Å²) in [6.07, 6.45) is 2.25. The first kappa shape index (κ1) is 15.5. The minimum Gasteiger partial charge on any atom is -0.315 e. The number of hydrogen-bond acceptors (Lipinski definition) is 4. The topological polar surface area (TPSA) is 69.7 Å². The third-order valence-electron chi connectivity index (χ3n) is 4.16. The highest BCUT2D eigenvalue weighted by molar-refractivity contribution is 7.89. The molecular weight excluding hydrogens is 302 g/mol. The Bertz CT molecular complexity index is 635. The summed E-state index contributed by atoms with van der Waals surface area (Å²) in [6, 6.07) is 6.67. The molecule has 2 aliphatic rings. The van der Waals surface area contributed by atoms with Gasteiger partial charge in [-0.25, -0.2) is 8.42 Å². The molecule has 0 aliphatic carbocycles. The van der Waals surface area contributed by atoms with Gasteiger partial charge < -0.3 is 10.2 Å². The van der Waals surface area contributed by atoms with E-state index in [0.29, 0.717) is 37.5 Å². The maximum Gasteiger partial charge on any atom is 0.243 e. The summed E-state index contributed by atoms with van der Waals surface area (Å²) in [5, 5.41) is 3.20. The fourth-order valence-corrected chi connectivity index (χ4v) is 4.41. The maximum absolute atomic E-state index is 12.7. The fourth-order valence-electron chi connectivity index (χ4n) is 2.93. The van der Waals surface area contributed by atoms with Crippen molar-refractivity contribution < 1.29 is 13.2 Å². The van der Waals surface area contributed by atoms with Crippen molar-refractivity contribution in [1.82, 2.24) is 9.62 Å². The molecule has 22 heavy (non-hydrogen) atoms. The van der Waals surface area contributed by atoms with Gasteiger partial charge in [-0.1, -0.05) is 0 Å². The quantitative estimate of drug-likeness (QED) is 0.893. The van der Waals surface area contributed by atoms with Crippen molar-refractivity contribution in [3.05, 3.63) is 24.3 Å². The number of anilines is 1. The van der Waals surface area contributed by atoms with Crippen molar-refractivity contribution in [2.24, 2.45) is 0 Å². The summed E-state index contributed by atoms with van der Waals surface area (Å²) in [5.41, 5.74) is 0.777. The molecule has 7 heteroatoms. The van der Waals surface area contributed by atoms with Gasteiger partial charge in [-0.2, -0.15) is 4.31 Å². The summed E-state index contributed by atoms with van der Waals surface area (Å²) in [6.45, 7) is 3.28. The largest absolute Gasteiger partial charge is 0.315 e. The van der Waals surface area contributed by atoms with E-state index in [0.717, 1.165) is 25.1 Å². The molecule has 2 aliphatic heterocycles. The Hall–Kier alpha value is -1.44. The number of benzene rings is 1. The Balaban J connectivity index is 1.80. The molecule has 0 radical (unpaired) electrons. The Labute approximate surface area is 131 Å². The minimum atomic E-state index is -3.45. The van der Waals surface area contributed by atoms with Crippen LogP contribution < -0.4 is 10.2 Å². The minimum absolute atomic E-state index is 0.106. The van der Waals surface area contributed by atoms with E-state index in [1.807, 2.05) is 0 Å². The van der Waals surface area contributed by atoms with Crippen molar-refractivity contribution >= 4 is 21.6 Å². The predicted octanol–water partition coefficient (Wildman–Crippen LogP) is 0.797. The Morgan fingerprint density at radius 1 is 0.955 bits per heavy atom. The number of amides is 1. The Kier molecular flexibility index (Phi) is 4.46. The van der Waals surface area contributed by atoms with E-state index >= 15 is 0 Å². The second-order valence-corrected chi connectivity index (χ2v) is 7.59. The first-order valence-electron chi connectivity index (χ1n) is 7.70. The van der Waals surface area contributed by atoms with Crippen LogP contribution in [0, 0.1) is 0 Å². The second-order valence-electron chi connectivity index (χ2n) is 5.65. The zero-order valence-corrected chi connectivity index (χ0v) is 13.3. The van der Waals surface area contributed by atoms with Crippen LogP contribution in [0.5, 0.6) is 0 Å². The summed E-state index contributed by atoms with van der Waals surface area (Å²) >= 11 is 0. The lowest BCUT2D eigenvalue weighted by Gasteiger charge is -2.20. The van der Waals surface area contributed by atoms with Crippen LogP contribution in [0.2, 0.25) is 0 Å². The summed E-state index contributed by atoms with van der Waals surface area (Å²) < 4.78 is 26.8. The zero-order valence-electron chi connectivity index (χ0n) is 12.5. The van der Waals surface area contributed by atoms with Gasteiger partial charge >= 0.3 is 0 Å². The molecule has 2 saturated heterocycles. The van der Waals surface area contributed by atoms with Crippen LogP contribution in [0.15, 0.2) is 29.2 Å². The molecule has 1 N–H and O–H groups in total. The number of carbonyl (C=O) groups is 1. The van der Waals surface area contributed by atoms with E-state index in [2.05, 4.69) is 5.32 Å². The van der Waals surface area contributed by atoms with Crippen molar-refractivity contribution in [2.75, 3.05) is 37.6 Å². The highest BCUT2D eigenvalue weighted by atomic mass is 32.2. The number of rotatable bonds is 3. The van der Waals surface area contributed by atoms with Crippen LogP contribution in [0.3, 0.4) is 0 Å². The lowest BCUT2D eigenvalue weighted by atomic mass is 10.3. The van der Waals surface area contributed by atoms with Crippen molar-refractivity contribution in [3.8, 4) is 0 Å². The van der Waals surface area contributed by atoms with Crippen molar-refractivity contribution in [2.45, 2.75) is 24.2 Å². The molecule has 120 valence electrons. The van der Waals surface area contributed by atoms with Gasteiger partial charge in [0.2, 0.25) is 15.9 Å². The summed E-state index contributed by atoms with van der Waals surface area (Å²) in [7, 11) is -3.45. The van der Waals surface area contributed by atoms with E-state index in [1.54, 1.807) is 29.2 Å². The third kappa shape index (κ3) is 3.02. The van der Waals surface area contributed by atoms with Crippen molar-refractivity contribution in [3.63, 3.8) is 0 Å². The number of carbonyl (C=O) groups excluding carboxylic acids is 1. The number of nitrogens with one attached hydrogen (secondary N) is 1. The average molecular weight is 323 g/mol. The van der Waals surface area contributed by atoms with Crippen LogP contribution in [0.1, 0.15) is 19.3 Å². The molecule has 2 fully saturated rings. The maximum atomic E-state index is 12.7. The SMILES string of the molecule is O=C1CCCN1c1ccc(S(=O)(=O)N2CCCNCC2)cc1. The molecule has 0 bridgehead atoms. The van der Waals surface area contributed by atoms with E-state index in [1.165, 1.54) is 4.31 Å². The zero-order chi connectivity index (χ0) is 15.6. The Morgan fingerprint density at radius 2 is 1.73 bits per heavy atom. The molecule has 1 aromatic rings. The summed E-state index contributed by atoms with van der Waals surface area (Å²) in [4.78, 5) is 13.7. The lowest BCUT2D eigenvalue weighted by Crippen LogP contribution is -2.34. The Morgan fingerprint density at radius 3 is 2.41 bits per heavy atom.